The zero-order valence-corrected chi connectivity index (χ0v) is 11.9. The number of aromatic nitrogens is 1. The highest BCUT2D eigenvalue weighted by atomic mass is 32.2. The number of halogens is 3. The number of hydrogen-bond acceptors (Lipinski definition) is 6. The van der Waals surface area contributed by atoms with Crippen molar-refractivity contribution in [3.8, 4) is 5.75 Å². The lowest BCUT2D eigenvalue weighted by Crippen LogP contribution is -2.31. The number of fused-ring (bicyclic) bond motifs is 1. The monoisotopic (exact) mass is 355 g/mol. The van der Waals surface area contributed by atoms with Crippen molar-refractivity contribution in [1.82, 2.24) is 4.57 Å². The van der Waals surface area contributed by atoms with Crippen LogP contribution in [0.5, 0.6) is 5.75 Å². The van der Waals surface area contributed by atoms with E-state index in [-0.39, 0.29) is 18.5 Å². The average molecular weight is 355 g/mol. The van der Waals surface area contributed by atoms with E-state index in [1.165, 1.54) is 0 Å². The Labute approximate surface area is 126 Å². The highest BCUT2D eigenvalue weighted by Gasteiger charge is 2.49. The number of ketones is 1. The highest BCUT2D eigenvalue weighted by Crippen LogP contribution is 2.33. The van der Waals surface area contributed by atoms with Crippen molar-refractivity contribution in [3.63, 3.8) is 0 Å². The maximum atomic E-state index is 12.4. The Morgan fingerprint density at radius 3 is 2.43 bits per heavy atom. The maximum Gasteiger partial charge on any atom is 0.534 e. The number of aliphatic carboxylic acids is 1. The molecule has 0 bridgehead atoms. The number of Topliss-reactive ketones (excluding diaryl/α,β-unsaturated/α-hetero) is 1. The zero-order valence-electron chi connectivity index (χ0n) is 11.1. The molecule has 1 aromatic heterocycles. The molecule has 1 aliphatic carbocycles. The molecule has 0 spiro atoms. The number of rotatable bonds is 4. The smallest absolute Gasteiger partial charge is 0.480 e. The third kappa shape index (κ3) is 3.06. The summed E-state index contributed by atoms with van der Waals surface area (Å²) in [5.74, 6) is -3.21. The predicted octanol–water partition coefficient (Wildman–Crippen LogP) is 0.290. The van der Waals surface area contributed by atoms with Crippen LogP contribution in [0.15, 0.2) is 10.9 Å². The molecule has 126 valence electrons. The average Bonchev–Trinajstić information content (AvgIpc) is 2.74. The van der Waals surface area contributed by atoms with E-state index >= 15 is 0 Å². The summed E-state index contributed by atoms with van der Waals surface area (Å²) in [6, 6.07) is 0.355. The topological polar surface area (TPSA) is 120 Å². The summed E-state index contributed by atoms with van der Waals surface area (Å²) in [5.41, 5.74) is -7.53. The summed E-state index contributed by atoms with van der Waals surface area (Å²) < 4.78 is 63.7. The van der Waals surface area contributed by atoms with E-state index in [2.05, 4.69) is 4.18 Å². The van der Waals surface area contributed by atoms with Gasteiger partial charge in [-0.15, -0.1) is 0 Å². The number of alkyl halides is 3. The van der Waals surface area contributed by atoms with Crippen LogP contribution in [-0.4, -0.2) is 35.4 Å². The first-order valence-electron chi connectivity index (χ1n) is 5.96. The van der Waals surface area contributed by atoms with Gasteiger partial charge >= 0.3 is 21.6 Å². The van der Waals surface area contributed by atoms with Gasteiger partial charge in [-0.3, -0.25) is 14.4 Å². The van der Waals surface area contributed by atoms with E-state index in [4.69, 9.17) is 5.11 Å². The molecule has 2 rings (SSSR count). The van der Waals surface area contributed by atoms with Gasteiger partial charge in [0.1, 0.15) is 6.54 Å². The van der Waals surface area contributed by atoms with E-state index in [1.54, 1.807) is 0 Å². The molecule has 0 aromatic carbocycles. The van der Waals surface area contributed by atoms with Crippen LogP contribution in [-0.2, 0) is 27.9 Å². The molecule has 23 heavy (non-hydrogen) atoms. The van der Waals surface area contributed by atoms with E-state index in [1.807, 2.05) is 0 Å². The van der Waals surface area contributed by atoms with Crippen molar-refractivity contribution < 1.29 is 40.5 Å². The van der Waals surface area contributed by atoms with Crippen LogP contribution in [0.4, 0.5) is 13.2 Å². The number of nitrogens with zero attached hydrogens (tertiary/aromatic N) is 1. The molecule has 1 N–H and O–H groups in total. The molecule has 8 nitrogen and oxygen atoms in total. The van der Waals surface area contributed by atoms with Crippen molar-refractivity contribution in [2.24, 2.45) is 0 Å². The van der Waals surface area contributed by atoms with Crippen molar-refractivity contribution in [2.75, 3.05) is 0 Å². The summed E-state index contributed by atoms with van der Waals surface area (Å²) in [7, 11) is -6.07. The molecule has 0 fully saturated rings. The molecule has 1 heterocycles. The third-order valence-electron chi connectivity index (χ3n) is 3.03. The second-order valence-electron chi connectivity index (χ2n) is 4.55. The normalized spacial score (nSPS) is 14.7. The van der Waals surface area contributed by atoms with E-state index < -0.39 is 50.8 Å². The Morgan fingerprint density at radius 2 is 1.91 bits per heavy atom. The summed E-state index contributed by atoms with van der Waals surface area (Å²) in [6.45, 7) is -0.819. The Balaban J connectivity index is 2.62. The second-order valence-corrected chi connectivity index (χ2v) is 6.09. The predicted molar refractivity (Wildman–Crippen MR) is 66.6 cm³/mol. The lowest BCUT2D eigenvalue weighted by molar-refractivity contribution is -0.137. The molecular formula is C11H8F3NO7S. The largest absolute Gasteiger partial charge is 0.534 e. The summed E-state index contributed by atoms with van der Waals surface area (Å²) in [5, 5.41) is 8.73. The summed E-state index contributed by atoms with van der Waals surface area (Å²) in [4.78, 5) is 34.3. The van der Waals surface area contributed by atoms with Gasteiger partial charge in [0.15, 0.2) is 11.5 Å². The Bertz CT molecular complexity index is 854. The molecule has 0 amide bonds. The minimum Gasteiger partial charge on any atom is -0.480 e. The number of carboxylic acid groups (broad SMARTS) is 1. The minimum atomic E-state index is -6.07. The molecule has 0 saturated heterocycles. The first kappa shape index (κ1) is 17.0. The lowest BCUT2D eigenvalue weighted by Gasteiger charge is -2.14. The van der Waals surface area contributed by atoms with Crippen molar-refractivity contribution >= 4 is 21.9 Å². The lowest BCUT2D eigenvalue weighted by atomic mass is 10.2. The summed E-state index contributed by atoms with van der Waals surface area (Å²) >= 11 is 0. The summed E-state index contributed by atoms with van der Waals surface area (Å²) in [6.07, 6.45) is -0.319. The standard InChI is InChI=1S/C11H8F3NO7S/c12-11(13,14)23(20,21)22-7-3-8(17)15(4-9(18)19)5-1-2-6(16)10(5)7/h3H,1-2,4H2,(H,18,19). The van der Waals surface area contributed by atoms with Gasteiger partial charge in [-0.1, -0.05) is 0 Å². The number of pyridine rings is 1. The van der Waals surface area contributed by atoms with Crippen LogP contribution in [0.25, 0.3) is 0 Å². The third-order valence-corrected chi connectivity index (χ3v) is 3.99. The molecule has 0 saturated carbocycles. The van der Waals surface area contributed by atoms with Crippen molar-refractivity contribution in [3.05, 3.63) is 27.7 Å². The van der Waals surface area contributed by atoms with Gasteiger partial charge in [0.2, 0.25) is 0 Å². The van der Waals surface area contributed by atoms with Crippen LogP contribution in [0.3, 0.4) is 0 Å². The first-order chi connectivity index (χ1) is 10.4. The van der Waals surface area contributed by atoms with Gasteiger partial charge in [-0.25, -0.2) is 0 Å². The van der Waals surface area contributed by atoms with Crippen LogP contribution >= 0.6 is 0 Å². The number of carbonyl (C=O) groups is 2. The molecule has 0 aliphatic heterocycles. The van der Waals surface area contributed by atoms with Gasteiger partial charge in [0, 0.05) is 18.2 Å². The quantitative estimate of drug-likeness (QED) is 0.609. The van der Waals surface area contributed by atoms with Gasteiger partial charge in [-0.05, 0) is 6.42 Å². The molecule has 0 unspecified atom stereocenters. The fourth-order valence-electron chi connectivity index (χ4n) is 2.13. The minimum absolute atomic E-state index is 0.111. The molecular weight excluding hydrogens is 347 g/mol. The molecule has 0 radical (unpaired) electrons. The number of hydrogen-bond donors (Lipinski definition) is 1. The second kappa shape index (κ2) is 5.37. The van der Waals surface area contributed by atoms with Crippen LogP contribution < -0.4 is 9.74 Å². The Kier molecular flexibility index (Phi) is 3.96. The van der Waals surface area contributed by atoms with Gasteiger partial charge in [0.25, 0.3) is 5.56 Å². The van der Waals surface area contributed by atoms with Crippen LogP contribution in [0, 0.1) is 0 Å². The molecule has 1 aromatic rings. The first-order valence-corrected chi connectivity index (χ1v) is 7.37. The van der Waals surface area contributed by atoms with Crippen molar-refractivity contribution in [2.45, 2.75) is 24.9 Å². The fraction of sp³-hybridized carbons (Fsp3) is 0.364. The highest BCUT2D eigenvalue weighted by molar-refractivity contribution is 7.88. The van der Waals surface area contributed by atoms with Gasteiger partial charge in [0.05, 0.1) is 5.56 Å². The Morgan fingerprint density at radius 1 is 1.30 bits per heavy atom. The van der Waals surface area contributed by atoms with E-state index in [9.17, 15) is 36.0 Å². The molecule has 0 atom stereocenters. The van der Waals surface area contributed by atoms with Crippen LogP contribution in [0.2, 0.25) is 0 Å². The SMILES string of the molecule is O=C(O)Cn1c2c(c(OS(=O)(=O)C(F)(F)F)cc1=O)C(=O)CC2. The van der Waals surface area contributed by atoms with Gasteiger partial charge in [-0.2, -0.15) is 21.6 Å². The zero-order chi connectivity index (χ0) is 17.6. The maximum absolute atomic E-state index is 12.4. The van der Waals surface area contributed by atoms with Crippen molar-refractivity contribution in [1.29, 1.82) is 0 Å². The Hall–Kier alpha value is -2.37. The van der Waals surface area contributed by atoms with E-state index in [0.717, 1.165) is 0 Å². The molecule has 1 aliphatic rings. The van der Waals surface area contributed by atoms with Crippen LogP contribution in [0.1, 0.15) is 22.5 Å². The number of carbonyl (C=O) groups excluding carboxylic acids is 1. The fourth-order valence-corrected chi connectivity index (χ4v) is 2.59. The molecule has 12 heteroatoms. The number of carboxylic acids is 1. The van der Waals surface area contributed by atoms with Gasteiger partial charge < -0.3 is 13.9 Å². The van der Waals surface area contributed by atoms with E-state index in [0.29, 0.717) is 10.6 Å².